The van der Waals surface area contributed by atoms with Crippen molar-refractivity contribution < 1.29 is 28.5 Å². The normalized spacial score (nSPS) is 32.3. The first-order valence-corrected chi connectivity index (χ1v) is 6.81. The summed E-state index contributed by atoms with van der Waals surface area (Å²) in [5.41, 5.74) is 0.853. The fraction of sp³-hybridized carbons (Fsp3) is 0.467. The Morgan fingerprint density at radius 3 is 2.71 bits per heavy atom. The minimum atomic E-state index is -0.850. The van der Waals surface area contributed by atoms with Crippen molar-refractivity contribution in [2.75, 3.05) is 6.61 Å². The molecule has 0 aliphatic carbocycles. The number of ether oxygens (including phenoxy) is 4. The maximum Gasteiger partial charge on any atom is 0.304 e. The van der Waals surface area contributed by atoms with E-state index < -0.39 is 30.8 Å². The van der Waals surface area contributed by atoms with Gasteiger partial charge in [-0.3, -0.25) is 9.59 Å². The van der Waals surface area contributed by atoms with Crippen LogP contribution in [-0.4, -0.2) is 36.9 Å². The summed E-state index contributed by atoms with van der Waals surface area (Å²) in [6.07, 6.45) is -2.66. The summed E-state index contributed by atoms with van der Waals surface area (Å²) in [7, 11) is 0. The average Bonchev–Trinajstić information content (AvgIpc) is 2.47. The molecule has 2 aliphatic rings. The van der Waals surface area contributed by atoms with E-state index in [0.29, 0.717) is 0 Å². The molecule has 2 fully saturated rings. The molecular weight excluding hydrogens is 276 g/mol. The lowest BCUT2D eigenvalue weighted by Crippen LogP contribution is -2.53. The zero-order valence-corrected chi connectivity index (χ0v) is 11.6. The van der Waals surface area contributed by atoms with Crippen molar-refractivity contribution in [3.8, 4) is 0 Å². The molecule has 6 heteroatoms. The molecule has 0 radical (unpaired) electrons. The van der Waals surface area contributed by atoms with Gasteiger partial charge in [-0.1, -0.05) is 30.3 Å². The number of Topliss-reactive ketones (excluding diaryl/α,β-unsaturated/α-hetero) is 1. The third-order valence-corrected chi connectivity index (χ3v) is 3.40. The number of fused-ring (bicyclic) bond motifs is 1. The van der Waals surface area contributed by atoms with Gasteiger partial charge in [-0.25, -0.2) is 0 Å². The van der Waals surface area contributed by atoms with E-state index in [-0.39, 0.29) is 18.8 Å². The maximum absolute atomic E-state index is 12.1. The topological polar surface area (TPSA) is 71.1 Å². The molecule has 2 heterocycles. The molecule has 0 saturated carbocycles. The zero-order valence-electron chi connectivity index (χ0n) is 11.6. The summed E-state index contributed by atoms with van der Waals surface area (Å²) in [6, 6.07) is 9.41. The first-order valence-electron chi connectivity index (χ1n) is 6.81. The number of ketones is 1. The summed E-state index contributed by atoms with van der Waals surface area (Å²) in [4.78, 5) is 23.1. The van der Waals surface area contributed by atoms with Crippen molar-refractivity contribution in [2.24, 2.45) is 0 Å². The van der Waals surface area contributed by atoms with Crippen LogP contribution in [0.3, 0.4) is 0 Å². The fourth-order valence-electron chi connectivity index (χ4n) is 2.49. The number of hydrogen-bond acceptors (Lipinski definition) is 6. The zero-order chi connectivity index (χ0) is 14.8. The summed E-state index contributed by atoms with van der Waals surface area (Å²) in [5.74, 6) is -0.618. The number of carbonyl (C=O) groups is 2. The standard InChI is InChI=1S/C15H16O6/c1-9(16)19-13-7-11(17)14-12(20-13)8-18-15(21-14)10-5-3-2-4-6-10/h2-6,12-15H,7-8H2,1H3/t12-,13+,14+,15-/m1/s1. The predicted octanol–water partition coefficient (Wildman–Crippen LogP) is 1.35. The molecule has 6 nitrogen and oxygen atoms in total. The van der Waals surface area contributed by atoms with Crippen LogP contribution in [0, 0.1) is 0 Å². The van der Waals surface area contributed by atoms with Gasteiger partial charge in [-0.05, 0) is 0 Å². The van der Waals surface area contributed by atoms with Crippen molar-refractivity contribution in [3.63, 3.8) is 0 Å². The molecule has 2 saturated heterocycles. The minimum absolute atomic E-state index is 0.00224. The second-order valence-electron chi connectivity index (χ2n) is 5.02. The SMILES string of the molecule is CC(=O)O[C@@H]1CC(=O)[C@@H]2O[C@H](c3ccccc3)OC[C@H]2O1. The number of rotatable bonds is 2. The molecule has 1 aromatic rings. The quantitative estimate of drug-likeness (QED) is 0.766. The number of esters is 1. The molecule has 1 aromatic carbocycles. The Kier molecular flexibility index (Phi) is 4.01. The number of carbonyl (C=O) groups excluding carboxylic acids is 2. The van der Waals surface area contributed by atoms with Crippen molar-refractivity contribution in [1.82, 2.24) is 0 Å². The van der Waals surface area contributed by atoms with E-state index in [2.05, 4.69) is 0 Å². The van der Waals surface area contributed by atoms with Crippen LogP contribution in [0.25, 0.3) is 0 Å². The minimum Gasteiger partial charge on any atom is -0.435 e. The van der Waals surface area contributed by atoms with Crippen molar-refractivity contribution >= 4 is 11.8 Å². The second kappa shape index (κ2) is 5.93. The number of benzene rings is 1. The lowest BCUT2D eigenvalue weighted by Gasteiger charge is -2.40. The lowest BCUT2D eigenvalue weighted by atomic mass is 10.0. The van der Waals surface area contributed by atoms with E-state index in [1.807, 2.05) is 30.3 Å². The Labute approximate surface area is 121 Å². The van der Waals surface area contributed by atoms with E-state index in [1.165, 1.54) is 6.92 Å². The smallest absolute Gasteiger partial charge is 0.304 e. The molecule has 0 amide bonds. The molecule has 0 N–H and O–H groups in total. The third-order valence-electron chi connectivity index (χ3n) is 3.40. The maximum atomic E-state index is 12.1. The van der Waals surface area contributed by atoms with Crippen LogP contribution in [0.1, 0.15) is 25.2 Å². The van der Waals surface area contributed by atoms with E-state index in [9.17, 15) is 9.59 Å². The van der Waals surface area contributed by atoms with E-state index >= 15 is 0 Å². The molecule has 0 aromatic heterocycles. The summed E-state index contributed by atoms with van der Waals surface area (Å²) < 4.78 is 21.8. The molecule has 3 rings (SSSR count). The summed E-state index contributed by atoms with van der Waals surface area (Å²) >= 11 is 0. The Balaban J connectivity index is 1.68. The van der Waals surface area contributed by atoms with Crippen LogP contribution >= 0.6 is 0 Å². The van der Waals surface area contributed by atoms with Gasteiger partial charge in [0, 0.05) is 12.5 Å². The molecule has 21 heavy (non-hydrogen) atoms. The molecule has 0 spiro atoms. The molecule has 0 bridgehead atoms. The van der Waals surface area contributed by atoms with Gasteiger partial charge in [0.2, 0.25) is 6.29 Å². The van der Waals surface area contributed by atoms with Crippen molar-refractivity contribution in [1.29, 1.82) is 0 Å². The highest BCUT2D eigenvalue weighted by Gasteiger charge is 2.44. The van der Waals surface area contributed by atoms with Gasteiger partial charge >= 0.3 is 5.97 Å². The van der Waals surface area contributed by atoms with E-state index in [4.69, 9.17) is 18.9 Å². The number of hydrogen-bond donors (Lipinski definition) is 0. The average molecular weight is 292 g/mol. The van der Waals surface area contributed by atoms with Crippen LogP contribution < -0.4 is 0 Å². The van der Waals surface area contributed by atoms with Gasteiger partial charge in [0.1, 0.15) is 12.2 Å². The van der Waals surface area contributed by atoms with Gasteiger partial charge in [0.15, 0.2) is 12.1 Å². The van der Waals surface area contributed by atoms with Crippen LogP contribution in [0.2, 0.25) is 0 Å². The summed E-state index contributed by atoms with van der Waals surface area (Å²) in [5, 5.41) is 0. The van der Waals surface area contributed by atoms with E-state index in [1.54, 1.807) is 0 Å². The Bertz CT molecular complexity index is 528. The van der Waals surface area contributed by atoms with Crippen LogP contribution in [0.5, 0.6) is 0 Å². The molecule has 2 aliphatic heterocycles. The van der Waals surface area contributed by atoms with Crippen molar-refractivity contribution in [2.45, 2.75) is 38.1 Å². The Hall–Kier alpha value is -1.76. The molecule has 4 atom stereocenters. The highest BCUT2D eigenvalue weighted by molar-refractivity contribution is 5.85. The van der Waals surface area contributed by atoms with Crippen molar-refractivity contribution in [3.05, 3.63) is 35.9 Å². The van der Waals surface area contributed by atoms with Gasteiger partial charge in [-0.2, -0.15) is 0 Å². The fourth-order valence-corrected chi connectivity index (χ4v) is 2.49. The largest absolute Gasteiger partial charge is 0.435 e. The summed E-state index contributed by atoms with van der Waals surface area (Å²) in [6.45, 7) is 1.49. The third kappa shape index (κ3) is 3.12. The monoisotopic (exact) mass is 292 g/mol. The first kappa shape index (κ1) is 14.2. The molecule has 0 unspecified atom stereocenters. The van der Waals surface area contributed by atoms with Gasteiger partial charge in [-0.15, -0.1) is 0 Å². The lowest BCUT2D eigenvalue weighted by molar-refractivity contribution is -0.297. The first-order chi connectivity index (χ1) is 10.1. The second-order valence-corrected chi connectivity index (χ2v) is 5.02. The highest BCUT2D eigenvalue weighted by atomic mass is 16.7. The Morgan fingerprint density at radius 2 is 2.00 bits per heavy atom. The van der Waals surface area contributed by atoms with Gasteiger partial charge < -0.3 is 18.9 Å². The Morgan fingerprint density at radius 1 is 1.24 bits per heavy atom. The van der Waals surface area contributed by atoms with E-state index in [0.717, 1.165) is 5.56 Å². The highest BCUT2D eigenvalue weighted by Crippen LogP contribution is 2.32. The van der Waals surface area contributed by atoms with Gasteiger partial charge in [0.25, 0.3) is 0 Å². The van der Waals surface area contributed by atoms with Crippen LogP contribution in [0.4, 0.5) is 0 Å². The van der Waals surface area contributed by atoms with Crippen LogP contribution in [0.15, 0.2) is 30.3 Å². The predicted molar refractivity (Wildman–Crippen MR) is 70.1 cm³/mol. The molecule has 112 valence electrons. The molecular formula is C15H16O6. The van der Waals surface area contributed by atoms with Gasteiger partial charge in [0.05, 0.1) is 13.0 Å². The van der Waals surface area contributed by atoms with Crippen LogP contribution in [-0.2, 0) is 28.5 Å².